The molecule has 0 spiro atoms. The standard InChI is InChI=1S/C10H7F8NO/c11-8(12,10(16,17)18)4-20-7-2-5(9(13,14)15)1-6(19)3-7/h1-3H,4,19H2. The Hall–Kier alpha value is -1.74. The van der Waals surface area contributed by atoms with Gasteiger partial charge in [-0.3, -0.25) is 0 Å². The van der Waals surface area contributed by atoms with Gasteiger partial charge in [0.2, 0.25) is 0 Å². The van der Waals surface area contributed by atoms with Crippen molar-refractivity contribution in [3.05, 3.63) is 23.8 Å². The maximum Gasteiger partial charge on any atom is 0.456 e. The summed E-state index contributed by atoms with van der Waals surface area (Å²) in [7, 11) is 0. The summed E-state index contributed by atoms with van der Waals surface area (Å²) in [6, 6.07) is 1.49. The second-order valence-electron chi connectivity index (χ2n) is 3.78. The van der Waals surface area contributed by atoms with Gasteiger partial charge in [-0.05, 0) is 12.1 Å². The average molecular weight is 309 g/mol. The zero-order valence-electron chi connectivity index (χ0n) is 9.45. The lowest BCUT2D eigenvalue weighted by atomic mass is 10.2. The van der Waals surface area contributed by atoms with Crippen LogP contribution in [0.4, 0.5) is 40.8 Å². The molecule has 0 atom stereocenters. The number of halogens is 8. The summed E-state index contributed by atoms with van der Waals surface area (Å²) >= 11 is 0. The number of alkyl halides is 8. The predicted molar refractivity (Wildman–Crippen MR) is 52.4 cm³/mol. The zero-order chi connectivity index (χ0) is 15.8. The Bertz CT molecular complexity index is 479. The second-order valence-corrected chi connectivity index (χ2v) is 3.78. The summed E-state index contributed by atoms with van der Waals surface area (Å²) in [5.74, 6) is -6.02. The topological polar surface area (TPSA) is 35.2 Å². The Morgan fingerprint density at radius 3 is 1.90 bits per heavy atom. The third kappa shape index (κ3) is 3.87. The first kappa shape index (κ1) is 16.3. The summed E-state index contributed by atoms with van der Waals surface area (Å²) in [6.45, 7) is -2.14. The van der Waals surface area contributed by atoms with E-state index in [4.69, 9.17) is 5.73 Å². The Morgan fingerprint density at radius 1 is 0.900 bits per heavy atom. The fraction of sp³-hybridized carbons (Fsp3) is 0.400. The molecule has 0 fully saturated rings. The molecular weight excluding hydrogens is 302 g/mol. The number of benzene rings is 1. The molecule has 0 bridgehead atoms. The van der Waals surface area contributed by atoms with Crippen molar-refractivity contribution in [1.29, 1.82) is 0 Å². The molecular formula is C10H7F8NO. The van der Waals surface area contributed by atoms with E-state index in [-0.39, 0.29) is 6.07 Å². The third-order valence-electron chi connectivity index (χ3n) is 2.09. The van der Waals surface area contributed by atoms with Gasteiger partial charge in [0.1, 0.15) is 5.75 Å². The monoisotopic (exact) mass is 309 g/mol. The lowest BCUT2D eigenvalue weighted by molar-refractivity contribution is -0.290. The minimum Gasteiger partial charge on any atom is -0.487 e. The van der Waals surface area contributed by atoms with Crippen LogP contribution in [-0.4, -0.2) is 18.7 Å². The average Bonchev–Trinajstić information content (AvgIpc) is 2.23. The summed E-state index contributed by atoms with van der Waals surface area (Å²) in [4.78, 5) is 0. The SMILES string of the molecule is Nc1cc(OCC(F)(F)C(F)(F)F)cc(C(F)(F)F)c1. The molecule has 2 nitrogen and oxygen atoms in total. The molecule has 0 saturated carbocycles. The second kappa shape index (κ2) is 4.98. The smallest absolute Gasteiger partial charge is 0.456 e. The van der Waals surface area contributed by atoms with E-state index in [1.54, 1.807) is 0 Å². The summed E-state index contributed by atoms with van der Waals surface area (Å²) in [6.07, 6.45) is -10.7. The van der Waals surface area contributed by atoms with E-state index < -0.39 is 41.9 Å². The van der Waals surface area contributed by atoms with Crippen LogP contribution in [0.2, 0.25) is 0 Å². The van der Waals surface area contributed by atoms with Crippen LogP contribution in [0.15, 0.2) is 18.2 Å². The van der Waals surface area contributed by atoms with Crippen molar-refractivity contribution in [2.45, 2.75) is 18.3 Å². The van der Waals surface area contributed by atoms with E-state index in [0.29, 0.717) is 12.1 Å². The van der Waals surface area contributed by atoms with Crippen molar-refractivity contribution in [2.24, 2.45) is 0 Å². The first-order chi connectivity index (χ1) is 8.83. The van der Waals surface area contributed by atoms with Gasteiger partial charge in [0, 0.05) is 11.8 Å². The van der Waals surface area contributed by atoms with Crippen LogP contribution in [0.3, 0.4) is 0 Å². The van der Waals surface area contributed by atoms with Gasteiger partial charge in [-0.2, -0.15) is 35.1 Å². The number of rotatable bonds is 3. The largest absolute Gasteiger partial charge is 0.487 e. The first-order valence-corrected chi connectivity index (χ1v) is 4.88. The maximum atomic E-state index is 12.5. The van der Waals surface area contributed by atoms with Crippen molar-refractivity contribution in [3.8, 4) is 5.75 Å². The molecule has 0 amide bonds. The molecule has 0 aliphatic rings. The predicted octanol–water partition coefficient (Wildman–Crippen LogP) is 3.86. The van der Waals surface area contributed by atoms with E-state index >= 15 is 0 Å². The third-order valence-corrected chi connectivity index (χ3v) is 2.09. The van der Waals surface area contributed by atoms with E-state index in [2.05, 4.69) is 4.74 Å². The highest BCUT2D eigenvalue weighted by atomic mass is 19.4. The number of nitrogens with two attached hydrogens (primary N) is 1. The molecule has 10 heteroatoms. The molecule has 1 rings (SSSR count). The van der Waals surface area contributed by atoms with Gasteiger partial charge in [0.15, 0.2) is 6.61 Å². The molecule has 0 radical (unpaired) electrons. The molecule has 0 aliphatic heterocycles. The van der Waals surface area contributed by atoms with Gasteiger partial charge in [-0.25, -0.2) is 0 Å². The minimum absolute atomic E-state index is 0.281. The van der Waals surface area contributed by atoms with Crippen LogP contribution in [-0.2, 0) is 6.18 Å². The molecule has 2 N–H and O–H groups in total. The van der Waals surface area contributed by atoms with Crippen LogP contribution in [0.1, 0.15) is 5.56 Å². The number of ether oxygens (including phenoxy) is 1. The van der Waals surface area contributed by atoms with Crippen molar-refractivity contribution in [1.82, 2.24) is 0 Å². The highest BCUT2D eigenvalue weighted by Crippen LogP contribution is 2.37. The lowest BCUT2D eigenvalue weighted by Gasteiger charge is -2.20. The van der Waals surface area contributed by atoms with Gasteiger partial charge in [-0.15, -0.1) is 0 Å². The van der Waals surface area contributed by atoms with E-state index in [1.807, 2.05) is 0 Å². The van der Waals surface area contributed by atoms with Gasteiger partial charge < -0.3 is 10.5 Å². The fourth-order valence-corrected chi connectivity index (χ4v) is 1.12. The highest BCUT2D eigenvalue weighted by Gasteiger charge is 2.58. The minimum atomic E-state index is -5.86. The molecule has 1 aromatic carbocycles. The number of anilines is 1. The van der Waals surface area contributed by atoms with Crippen molar-refractivity contribution >= 4 is 5.69 Å². The molecule has 0 heterocycles. The summed E-state index contributed by atoms with van der Waals surface area (Å²) in [5, 5.41) is 0. The Morgan fingerprint density at radius 2 is 1.45 bits per heavy atom. The molecule has 0 unspecified atom stereocenters. The van der Waals surface area contributed by atoms with Crippen LogP contribution >= 0.6 is 0 Å². The quantitative estimate of drug-likeness (QED) is 0.679. The molecule has 1 aromatic rings. The van der Waals surface area contributed by atoms with Gasteiger partial charge >= 0.3 is 18.3 Å². The van der Waals surface area contributed by atoms with Crippen LogP contribution in [0.25, 0.3) is 0 Å². The van der Waals surface area contributed by atoms with Crippen molar-refractivity contribution in [2.75, 3.05) is 12.3 Å². The zero-order valence-corrected chi connectivity index (χ0v) is 9.45. The van der Waals surface area contributed by atoms with Gasteiger partial charge in [0.25, 0.3) is 0 Å². The Kier molecular flexibility index (Phi) is 4.07. The fourth-order valence-electron chi connectivity index (χ4n) is 1.12. The van der Waals surface area contributed by atoms with E-state index in [9.17, 15) is 35.1 Å². The normalized spacial score (nSPS) is 13.4. The molecule has 0 aromatic heterocycles. The molecule has 20 heavy (non-hydrogen) atoms. The van der Waals surface area contributed by atoms with Crippen molar-refractivity contribution < 1.29 is 39.9 Å². The maximum absolute atomic E-state index is 12.5. The van der Waals surface area contributed by atoms with Crippen LogP contribution in [0, 0.1) is 0 Å². The summed E-state index contributed by atoms with van der Waals surface area (Å²) in [5.41, 5.74) is 3.29. The molecule has 0 aliphatic carbocycles. The number of nitrogen functional groups attached to an aromatic ring is 1. The van der Waals surface area contributed by atoms with Crippen LogP contribution in [0.5, 0.6) is 5.75 Å². The molecule has 0 saturated heterocycles. The number of hydrogen-bond donors (Lipinski definition) is 1. The highest BCUT2D eigenvalue weighted by molar-refractivity contribution is 5.48. The van der Waals surface area contributed by atoms with Gasteiger partial charge in [0.05, 0.1) is 5.56 Å². The summed E-state index contributed by atoms with van der Waals surface area (Å²) < 4.78 is 102. The number of hydrogen-bond acceptors (Lipinski definition) is 2. The Labute approximate surface area is 107 Å². The van der Waals surface area contributed by atoms with Crippen LogP contribution < -0.4 is 10.5 Å². The lowest BCUT2D eigenvalue weighted by Crippen LogP contribution is -2.41. The van der Waals surface area contributed by atoms with E-state index in [1.165, 1.54) is 0 Å². The first-order valence-electron chi connectivity index (χ1n) is 4.88. The van der Waals surface area contributed by atoms with E-state index in [0.717, 1.165) is 0 Å². The van der Waals surface area contributed by atoms with Crippen molar-refractivity contribution in [3.63, 3.8) is 0 Å². The van der Waals surface area contributed by atoms with Gasteiger partial charge in [-0.1, -0.05) is 0 Å². The Balaban J connectivity index is 2.92. The molecule has 114 valence electrons.